The summed E-state index contributed by atoms with van der Waals surface area (Å²) in [6.07, 6.45) is 3.15. The Kier molecular flexibility index (Phi) is 2.61. The molecular formula is C11H8N2O4. The highest BCUT2D eigenvalue weighted by Crippen LogP contribution is 2.14. The van der Waals surface area contributed by atoms with Gasteiger partial charge < -0.3 is 10.2 Å². The average Bonchev–Trinajstić information content (AvgIpc) is 2.29. The van der Waals surface area contributed by atoms with Crippen LogP contribution in [0.3, 0.4) is 0 Å². The number of fused-ring (bicyclic) bond motifs is 1. The van der Waals surface area contributed by atoms with Crippen LogP contribution in [0.4, 0.5) is 0 Å². The molecule has 0 fully saturated rings. The summed E-state index contributed by atoms with van der Waals surface area (Å²) in [4.78, 5) is 26.2. The van der Waals surface area contributed by atoms with Gasteiger partial charge in [0.2, 0.25) is 0 Å². The molecule has 0 saturated carbocycles. The molecule has 0 bridgehead atoms. The summed E-state index contributed by atoms with van der Waals surface area (Å²) in [6.45, 7) is 0. The summed E-state index contributed by atoms with van der Waals surface area (Å²) in [5.41, 5.74) is -0.00354. The number of phenols is 1. The third-order valence-corrected chi connectivity index (χ3v) is 2.14. The van der Waals surface area contributed by atoms with Gasteiger partial charge in [0, 0.05) is 12.3 Å². The third kappa shape index (κ3) is 2.15. The van der Waals surface area contributed by atoms with Crippen molar-refractivity contribution in [2.45, 2.75) is 0 Å². The third-order valence-electron chi connectivity index (χ3n) is 2.14. The molecule has 2 rings (SSSR count). The Labute approximate surface area is 95.1 Å². The Hall–Kier alpha value is -2.63. The monoisotopic (exact) mass is 232 g/mol. The predicted octanol–water partition coefficient (Wildman–Crippen LogP) is 0.657. The first-order valence-corrected chi connectivity index (χ1v) is 4.69. The Balaban J connectivity index is 2.65. The van der Waals surface area contributed by atoms with E-state index in [1.165, 1.54) is 24.5 Å². The van der Waals surface area contributed by atoms with Crippen LogP contribution in [-0.4, -0.2) is 25.7 Å². The van der Waals surface area contributed by atoms with Gasteiger partial charge >= 0.3 is 5.97 Å². The Morgan fingerprint density at radius 2 is 2.18 bits per heavy atom. The Morgan fingerprint density at radius 3 is 2.88 bits per heavy atom. The molecule has 1 aromatic carbocycles. The highest BCUT2D eigenvalue weighted by Gasteiger charge is 2.03. The molecule has 6 heteroatoms. The van der Waals surface area contributed by atoms with E-state index in [0.717, 1.165) is 16.8 Å². The first-order valence-electron chi connectivity index (χ1n) is 4.69. The van der Waals surface area contributed by atoms with E-state index < -0.39 is 11.5 Å². The lowest BCUT2D eigenvalue weighted by Crippen LogP contribution is -2.16. The molecule has 0 atom stereocenters. The molecule has 2 aromatic rings. The number of carboxylic acids is 1. The number of carboxylic acid groups (broad SMARTS) is 1. The van der Waals surface area contributed by atoms with Crippen molar-refractivity contribution in [3.63, 3.8) is 0 Å². The largest absolute Gasteiger partial charge is 0.508 e. The van der Waals surface area contributed by atoms with Gasteiger partial charge in [-0.25, -0.2) is 9.78 Å². The van der Waals surface area contributed by atoms with Crippen molar-refractivity contribution in [3.05, 3.63) is 41.0 Å². The number of hydrogen-bond donors (Lipinski definition) is 2. The second-order valence-electron chi connectivity index (χ2n) is 3.31. The molecule has 17 heavy (non-hydrogen) atoms. The zero-order valence-electron chi connectivity index (χ0n) is 8.57. The lowest BCUT2D eigenvalue weighted by Gasteiger charge is -2.01. The highest BCUT2D eigenvalue weighted by atomic mass is 16.4. The summed E-state index contributed by atoms with van der Waals surface area (Å²) in [5.74, 6) is -1.20. The summed E-state index contributed by atoms with van der Waals surface area (Å²) < 4.78 is 1.04. The SMILES string of the molecule is O=C(O)C=Cn1cnc2ccc(O)cc2c1=O. The fourth-order valence-electron chi connectivity index (χ4n) is 1.37. The minimum absolute atomic E-state index is 0.0450. The molecule has 0 spiro atoms. The Bertz CT molecular complexity index is 673. The zero-order valence-corrected chi connectivity index (χ0v) is 8.57. The quantitative estimate of drug-likeness (QED) is 0.742. The molecule has 0 aliphatic rings. The van der Waals surface area contributed by atoms with Gasteiger partial charge in [-0.15, -0.1) is 0 Å². The highest BCUT2D eigenvalue weighted by molar-refractivity contribution is 5.83. The van der Waals surface area contributed by atoms with Gasteiger partial charge in [-0.3, -0.25) is 9.36 Å². The lowest BCUT2D eigenvalue weighted by molar-refractivity contribution is -0.131. The number of rotatable bonds is 2. The maximum atomic E-state index is 11.9. The molecule has 0 aliphatic carbocycles. The van der Waals surface area contributed by atoms with Gasteiger partial charge in [-0.05, 0) is 18.2 Å². The maximum absolute atomic E-state index is 11.9. The van der Waals surface area contributed by atoms with Gasteiger partial charge in [-0.2, -0.15) is 0 Å². The van der Waals surface area contributed by atoms with Crippen LogP contribution in [0.15, 0.2) is 35.4 Å². The van der Waals surface area contributed by atoms with Crippen molar-refractivity contribution < 1.29 is 15.0 Å². The first kappa shape index (κ1) is 10.9. The average molecular weight is 232 g/mol. The van der Waals surface area contributed by atoms with Crippen LogP contribution in [0.25, 0.3) is 17.1 Å². The van der Waals surface area contributed by atoms with Crippen molar-refractivity contribution in [1.29, 1.82) is 0 Å². The van der Waals surface area contributed by atoms with E-state index in [4.69, 9.17) is 5.11 Å². The molecule has 0 aliphatic heterocycles. The van der Waals surface area contributed by atoms with Crippen LogP contribution in [0.5, 0.6) is 5.75 Å². The van der Waals surface area contributed by atoms with Gasteiger partial charge in [-0.1, -0.05) is 0 Å². The summed E-state index contributed by atoms with van der Waals surface area (Å²) >= 11 is 0. The van der Waals surface area contributed by atoms with Gasteiger partial charge in [0.25, 0.3) is 5.56 Å². The molecule has 6 nitrogen and oxygen atoms in total. The van der Waals surface area contributed by atoms with E-state index in [1.807, 2.05) is 0 Å². The standard InChI is InChI=1S/C11H8N2O4/c14-7-1-2-9-8(5-7)11(17)13(6-12-9)4-3-10(15)16/h1-6,14H,(H,15,16). The fourth-order valence-corrected chi connectivity index (χ4v) is 1.37. The number of aromatic nitrogens is 2. The number of aliphatic carboxylic acids is 1. The molecule has 0 unspecified atom stereocenters. The van der Waals surface area contributed by atoms with Crippen LogP contribution >= 0.6 is 0 Å². The van der Waals surface area contributed by atoms with Crippen molar-refractivity contribution in [3.8, 4) is 5.75 Å². The molecule has 1 heterocycles. The smallest absolute Gasteiger partial charge is 0.329 e. The van der Waals surface area contributed by atoms with E-state index >= 15 is 0 Å². The zero-order chi connectivity index (χ0) is 12.4. The van der Waals surface area contributed by atoms with Crippen LogP contribution in [0, 0.1) is 0 Å². The van der Waals surface area contributed by atoms with Crippen LogP contribution in [-0.2, 0) is 4.79 Å². The number of aromatic hydroxyl groups is 1. The van der Waals surface area contributed by atoms with E-state index in [0.29, 0.717) is 5.52 Å². The van der Waals surface area contributed by atoms with Crippen LogP contribution in [0.2, 0.25) is 0 Å². The maximum Gasteiger partial charge on any atom is 0.329 e. The van der Waals surface area contributed by atoms with Crippen molar-refractivity contribution in [2.75, 3.05) is 0 Å². The predicted molar refractivity (Wildman–Crippen MR) is 60.6 cm³/mol. The summed E-state index contributed by atoms with van der Waals surface area (Å²) in [5, 5.41) is 18.0. The lowest BCUT2D eigenvalue weighted by atomic mass is 10.2. The van der Waals surface area contributed by atoms with Gasteiger partial charge in [0.1, 0.15) is 12.1 Å². The first-order chi connectivity index (χ1) is 8.08. The van der Waals surface area contributed by atoms with Gasteiger partial charge in [0.15, 0.2) is 0 Å². The number of benzene rings is 1. The molecule has 0 amide bonds. The summed E-state index contributed by atoms with van der Waals surface area (Å²) in [7, 11) is 0. The number of carbonyl (C=O) groups is 1. The van der Waals surface area contributed by atoms with E-state index in [2.05, 4.69) is 4.98 Å². The molecule has 86 valence electrons. The Morgan fingerprint density at radius 1 is 1.41 bits per heavy atom. The number of phenolic OH excluding ortho intramolecular Hbond substituents is 1. The normalized spacial score (nSPS) is 11.1. The fraction of sp³-hybridized carbons (Fsp3) is 0. The molecular weight excluding hydrogens is 224 g/mol. The number of hydrogen-bond acceptors (Lipinski definition) is 4. The van der Waals surface area contributed by atoms with Gasteiger partial charge in [0.05, 0.1) is 10.9 Å². The van der Waals surface area contributed by atoms with Crippen LogP contribution in [0.1, 0.15) is 0 Å². The van der Waals surface area contributed by atoms with E-state index in [9.17, 15) is 14.7 Å². The molecule has 2 N–H and O–H groups in total. The second-order valence-corrected chi connectivity index (χ2v) is 3.31. The topological polar surface area (TPSA) is 92.4 Å². The van der Waals surface area contributed by atoms with Crippen molar-refractivity contribution >= 4 is 23.1 Å². The number of nitrogens with zero attached hydrogens (tertiary/aromatic N) is 2. The second kappa shape index (κ2) is 4.09. The summed E-state index contributed by atoms with van der Waals surface area (Å²) in [6, 6.07) is 4.22. The van der Waals surface area contributed by atoms with Crippen LogP contribution < -0.4 is 5.56 Å². The molecule has 1 aromatic heterocycles. The molecule has 0 radical (unpaired) electrons. The van der Waals surface area contributed by atoms with E-state index in [-0.39, 0.29) is 11.1 Å². The van der Waals surface area contributed by atoms with E-state index in [1.54, 1.807) is 0 Å². The van der Waals surface area contributed by atoms with Crippen molar-refractivity contribution in [1.82, 2.24) is 9.55 Å². The minimum atomic E-state index is -1.16. The molecule has 0 saturated heterocycles. The van der Waals surface area contributed by atoms with Crippen molar-refractivity contribution in [2.24, 2.45) is 0 Å². The minimum Gasteiger partial charge on any atom is -0.508 e.